The third-order valence-electron chi connectivity index (χ3n) is 6.22. The van der Waals surface area contributed by atoms with E-state index in [2.05, 4.69) is 24.3 Å². The monoisotopic (exact) mass is 494 g/mol. The van der Waals surface area contributed by atoms with Gasteiger partial charge in [-0.15, -0.1) is 0 Å². The first-order valence-electron chi connectivity index (χ1n) is 12.2. The van der Waals surface area contributed by atoms with Gasteiger partial charge in [0.1, 0.15) is 0 Å². The first-order chi connectivity index (χ1) is 18.1. The molecule has 0 aliphatic carbocycles. The van der Waals surface area contributed by atoms with E-state index < -0.39 is 11.9 Å². The van der Waals surface area contributed by atoms with Crippen molar-refractivity contribution in [3.8, 4) is 0 Å². The summed E-state index contributed by atoms with van der Waals surface area (Å²) in [6.45, 7) is 0. The van der Waals surface area contributed by atoms with Crippen molar-refractivity contribution in [1.82, 2.24) is 0 Å². The lowest BCUT2D eigenvalue weighted by atomic mass is 9.96. The number of hydrogen-bond acceptors (Lipinski definition) is 5. The van der Waals surface area contributed by atoms with Crippen LogP contribution < -0.4 is 0 Å². The van der Waals surface area contributed by atoms with E-state index in [9.17, 15) is 9.59 Å². The quantitative estimate of drug-likeness (QED) is 0.234. The minimum atomic E-state index is -0.396. The van der Waals surface area contributed by atoms with Gasteiger partial charge in [0.2, 0.25) is 0 Å². The zero-order valence-electron chi connectivity index (χ0n) is 21.0. The maximum Gasteiger partial charge on any atom is 0.337 e. The first-order valence-corrected chi connectivity index (χ1v) is 12.2. The van der Waals surface area contributed by atoms with Crippen molar-refractivity contribution in [1.29, 1.82) is 0 Å². The number of carbonyl (C=O) groups excluding carboxylic acids is 2. The topological polar surface area (TPSA) is 61.8 Å². The molecule has 0 aliphatic rings. The lowest BCUT2D eigenvalue weighted by Gasteiger charge is -2.27. The Morgan fingerprint density at radius 2 is 0.973 bits per heavy atom. The summed E-state index contributed by atoms with van der Waals surface area (Å²) in [5, 5.41) is 0. The van der Waals surface area contributed by atoms with Crippen molar-refractivity contribution in [3.63, 3.8) is 0 Å². The van der Waals surface area contributed by atoms with Crippen LogP contribution >= 0.6 is 0 Å². The van der Waals surface area contributed by atoms with Crippen LogP contribution in [0.2, 0.25) is 0 Å². The largest absolute Gasteiger partial charge is 0.465 e. The zero-order valence-corrected chi connectivity index (χ0v) is 21.0. The maximum absolute atomic E-state index is 12.3. The average molecular weight is 495 g/mol. The lowest BCUT2D eigenvalue weighted by Crippen LogP contribution is -2.16. The highest BCUT2D eigenvalue weighted by Crippen LogP contribution is 2.33. The Morgan fingerprint density at radius 3 is 1.35 bits per heavy atom. The Hall–Kier alpha value is -4.22. The van der Waals surface area contributed by atoms with Crippen LogP contribution in [0, 0.1) is 0 Å². The van der Waals surface area contributed by atoms with Gasteiger partial charge in [-0.3, -0.25) is 0 Å². The van der Waals surface area contributed by atoms with E-state index in [1.165, 1.54) is 14.2 Å². The van der Waals surface area contributed by atoms with Crippen molar-refractivity contribution >= 4 is 11.9 Å². The van der Waals surface area contributed by atoms with E-state index in [1.54, 1.807) is 12.1 Å². The molecule has 0 radical (unpaired) electrons. The van der Waals surface area contributed by atoms with Crippen LogP contribution in [0.5, 0.6) is 0 Å². The molecule has 0 N–H and O–H groups in total. The van der Waals surface area contributed by atoms with E-state index in [-0.39, 0.29) is 12.2 Å². The summed E-state index contributed by atoms with van der Waals surface area (Å²) < 4.78 is 16.7. The molecule has 188 valence electrons. The highest BCUT2D eigenvalue weighted by atomic mass is 16.5. The third-order valence-corrected chi connectivity index (χ3v) is 6.22. The average Bonchev–Trinajstić information content (AvgIpc) is 2.96. The molecule has 0 saturated carbocycles. The van der Waals surface area contributed by atoms with Crippen molar-refractivity contribution < 1.29 is 23.8 Å². The Kier molecular flexibility index (Phi) is 8.84. The molecule has 5 nitrogen and oxygen atoms in total. The molecule has 4 rings (SSSR count). The molecule has 0 fully saturated rings. The van der Waals surface area contributed by atoms with E-state index in [1.807, 2.05) is 72.8 Å². The number of hydrogen-bond donors (Lipinski definition) is 0. The Labute approximate surface area is 217 Å². The molecule has 0 saturated heterocycles. The second-order valence-electron chi connectivity index (χ2n) is 8.73. The molecule has 2 unspecified atom stereocenters. The number of esters is 2. The molecule has 0 bridgehead atoms. The van der Waals surface area contributed by atoms with Gasteiger partial charge in [0.15, 0.2) is 0 Å². The summed E-state index contributed by atoms with van der Waals surface area (Å²) in [6.07, 6.45) is 0.492. The van der Waals surface area contributed by atoms with Gasteiger partial charge in [0.25, 0.3) is 0 Å². The second kappa shape index (κ2) is 12.7. The van der Waals surface area contributed by atoms with Crippen molar-refractivity contribution in [2.45, 2.75) is 25.0 Å². The van der Waals surface area contributed by atoms with E-state index in [0.29, 0.717) is 24.0 Å². The van der Waals surface area contributed by atoms with Gasteiger partial charge >= 0.3 is 11.9 Å². The molecule has 0 spiro atoms. The molecule has 2 atom stereocenters. The smallest absolute Gasteiger partial charge is 0.337 e. The van der Waals surface area contributed by atoms with Gasteiger partial charge in [-0.1, -0.05) is 84.9 Å². The van der Waals surface area contributed by atoms with Gasteiger partial charge in [-0.05, 0) is 46.5 Å². The minimum Gasteiger partial charge on any atom is -0.465 e. The molecule has 37 heavy (non-hydrogen) atoms. The van der Waals surface area contributed by atoms with Crippen LogP contribution in [0.3, 0.4) is 0 Å². The van der Waals surface area contributed by atoms with Gasteiger partial charge in [-0.2, -0.15) is 0 Å². The molecule has 0 aromatic heterocycles. The van der Waals surface area contributed by atoms with Crippen LogP contribution in [0.25, 0.3) is 0 Å². The van der Waals surface area contributed by atoms with Gasteiger partial charge < -0.3 is 14.2 Å². The summed E-state index contributed by atoms with van der Waals surface area (Å²) in [6, 6.07) is 34.9. The van der Waals surface area contributed by atoms with Crippen LogP contribution in [0.15, 0.2) is 109 Å². The molecule has 0 heterocycles. The fraction of sp³-hybridized carbons (Fsp3) is 0.188. The molecule has 5 heteroatoms. The fourth-order valence-electron chi connectivity index (χ4n) is 4.31. The predicted molar refractivity (Wildman–Crippen MR) is 142 cm³/mol. The Balaban J connectivity index is 1.74. The van der Waals surface area contributed by atoms with E-state index in [4.69, 9.17) is 14.2 Å². The van der Waals surface area contributed by atoms with Crippen LogP contribution in [-0.4, -0.2) is 26.2 Å². The molecule has 0 aliphatic heterocycles. The Morgan fingerprint density at radius 1 is 0.568 bits per heavy atom. The number of rotatable bonds is 10. The summed E-state index contributed by atoms with van der Waals surface area (Å²) in [7, 11) is 2.74. The highest BCUT2D eigenvalue weighted by molar-refractivity contribution is 5.90. The van der Waals surface area contributed by atoms with Gasteiger partial charge in [-0.25, -0.2) is 9.59 Å². The second-order valence-corrected chi connectivity index (χ2v) is 8.73. The zero-order chi connectivity index (χ0) is 26.0. The number of methoxy groups -OCH3 is 2. The molecule has 0 amide bonds. The SMILES string of the molecule is COC(=O)c1cccc(C(Cc2ccccc2)OC(Cc2ccccc2)c2cccc(C(=O)OC)c2)c1. The summed E-state index contributed by atoms with van der Waals surface area (Å²) >= 11 is 0. The minimum absolute atomic E-state index is 0.359. The molecule has 4 aromatic rings. The summed E-state index contributed by atoms with van der Waals surface area (Å²) in [5.41, 5.74) is 4.89. The summed E-state index contributed by atoms with van der Waals surface area (Å²) in [4.78, 5) is 24.5. The normalized spacial score (nSPS) is 12.4. The first kappa shape index (κ1) is 25.9. The van der Waals surface area contributed by atoms with Crippen molar-refractivity contribution in [3.05, 3.63) is 143 Å². The number of benzene rings is 4. The number of ether oxygens (including phenoxy) is 3. The molecule has 4 aromatic carbocycles. The standard InChI is InChI=1S/C32H30O5/c1-35-31(33)27-17-9-15-25(21-27)29(19-23-11-5-3-6-12-23)37-30(20-24-13-7-4-8-14-24)26-16-10-18-28(22-26)32(34)36-2/h3-18,21-22,29-30H,19-20H2,1-2H3. The molecular formula is C32H30O5. The predicted octanol–water partition coefficient (Wildman–Crippen LogP) is 6.54. The highest BCUT2D eigenvalue weighted by Gasteiger charge is 2.23. The summed E-state index contributed by atoms with van der Waals surface area (Å²) in [5.74, 6) is -0.793. The van der Waals surface area contributed by atoms with Gasteiger partial charge in [0.05, 0.1) is 37.6 Å². The lowest BCUT2D eigenvalue weighted by molar-refractivity contribution is -0.0149. The molecular weight excluding hydrogens is 464 g/mol. The van der Waals surface area contributed by atoms with Crippen molar-refractivity contribution in [2.24, 2.45) is 0 Å². The van der Waals surface area contributed by atoms with Gasteiger partial charge in [0, 0.05) is 12.8 Å². The van der Waals surface area contributed by atoms with Crippen molar-refractivity contribution in [2.75, 3.05) is 14.2 Å². The van der Waals surface area contributed by atoms with Crippen LogP contribution in [0.1, 0.15) is 55.2 Å². The maximum atomic E-state index is 12.3. The fourth-order valence-corrected chi connectivity index (χ4v) is 4.31. The number of carbonyl (C=O) groups is 2. The Bertz CT molecular complexity index is 1210. The van der Waals surface area contributed by atoms with E-state index >= 15 is 0 Å². The van der Waals surface area contributed by atoms with Crippen LogP contribution in [-0.2, 0) is 27.1 Å². The van der Waals surface area contributed by atoms with E-state index in [0.717, 1.165) is 22.3 Å². The van der Waals surface area contributed by atoms with Crippen LogP contribution in [0.4, 0.5) is 0 Å². The third kappa shape index (κ3) is 6.93.